The molecule has 0 unspecified atom stereocenters. The number of hydrogen-bond donors (Lipinski definition) is 1. The van der Waals surface area contributed by atoms with Crippen molar-refractivity contribution in [3.05, 3.63) is 53.0 Å². The van der Waals surface area contributed by atoms with E-state index in [4.69, 9.17) is 9.15 Å². The molecule has 19 heavy (non-hydrogen) atoms. The van der Waals surface area contributed by atoms with Crippen LogP contribution in [0.5, 0.6) is 5.75 Å². The van der Waals surface area contributed by atoms with Gasteiger partial charge in [0.15, 0.2) is 0 Å². The van der Waals surface area contributed by atoms with Crippen LogP contribution in [0.1, 0.15) is 29.4 Å². The van der Waals surface area contributed by atoms with E-state index < -0.39 is 0 Å². The van der Waals surface area contributed by atoms with Crippen molar-refractivity contribution in [3.63, 3.8) is 0 Å². The minimum absolute atomic E-state index is 0.543. The maximum atomic E-state index is 5.89. The number of rotatable bonds is 6. The van der Waals surface area contributed by atoms with Gasteiger partial charge >= 0.3 is 0 Å². The molecule has 1 N–H and O–H groups in total. The Morgan fingerprint density at radius 3 is 2.84 bits per heavy atom. The van der Waals surface area contributed by atoms with Gasteiger partial charge in [-0.1, -0.05) is 19.1 Å². The Morgan fingerprint density at radius 2 is 2.05 bits per heavy atom. The van der Waals surface area contributed by atoms with E-state index in [0.29, 0.717) is 6.61 Å². The molecule has 0 aliphatic heterocycles. The van der Waals surface area contributed by atoms with Gasteiger partial charge in [0.1, 0.15) is 18.1 Å². The first-order valence-electron chi connectivity index (χ1n) is 6.67. The van der Waals surface area contributed by atoms with Crippen molar-refractivity contribution in [3.8, 4) is 5.75 Å². The Hall–Kier alpha value is -1.74. The summed E-state index contributed by atoms with van der Waals surface area (Å²) >= 11 is 0. The molecule has 2 aromatic rings. The van der Waals surface area contributed by atoms with Gasteiger partial charge in [-0.15, -0.1) is 0 Å². The molecule has 2 rings (SSSR count). The molecule has 0 aliphatic rings. The van der Waals surface area contributed by atoms with Crippen LogP contribution in [0.4, 0.5) is 0 Å². The summed E-state index contributed by atoms with van der Waals surface area (Å²) in [5.74, 6) is 1.89. The summed E-state index contributed by atoms with van der Waals surface area (Å²) in [4.78, 5) is 0. The molecule has 3 nitrogen and oxygen atoms in total. The van der Waals surface area contributed by atoms with E-state index >= 15 is 0 Å². The van der Waals surface area contributed by atoms with E-state index in [9.17, 15) is 0 Å². The van der Waals surface area contributed by atoms with Crippen LogP contribution in [0.2, 0.25) is 0 Å². The maximum Gasteiger partial charge on any atom is 0.124 e. The van der Waals surface area contributed by atoms with Gasteiger partial charge in [0, 0.05) is 5.56 Å². The van der Waals surface area contributed by atoms with E-state index in [2.05, 4.69) is 32.2 Å². The summed E-state index contributed by atoms with van der Waals surface area (Å²) in [7, 11) is 0. The van der Waals surface area contributed by atoms with Crippen LogP contribution in [0.15, 0.2) is 34.9 Å². The Morgan fingerprint density at radius 1 is 1.21 bits per heavy atom. The summed E-state index contributed by atoms with van der Waals surface area (Å²) < 4.78 is 11.4. The third-order valence-electron chi connectivity index (χ3n) is 3.31. The molecule has 0 bridgehead atoms. The van der Waals surface area contributed by atoms with Crippen LogP contribution < -0.4 is 10.1 Å². The van der Waals surface area contributed by atoms with Gasteiger partial charge in [0.05, 0.1) is 12.8 Å². The highest BCUT2D eigenvalue weighted by Gasteiger charge is 2.08. The zero-order valence-electron chi connectivity index (χ0n) is 11.8. The molecule has 0 aliphatic carbocycles. The van der Waals surface area contributed by atoms with Gasteiger partial charge in [-0.2, -0.15) is 0 Å². The van der Waals surface area contributed by atoms with Crippen LogP contribution in [0, 0.1) is 13.8 Å². The first-order chi connectivity index (χ1) is 9.22. The minimum Gasteiger partial charge on any atom is -0.488 e. The Kier molecular flexibility index (Phi) is 4.63. The fourth-order valence-electron chi connectivity index (χ4n) is 1.93. The van der Waals surface area contributed by atoms with Crippen LogP contribution in [-0.4, -0.2) is 6.54 Å². The number of aryl methyl sites for hydroxylation is 1. The third-order valence-corrected chi connectivity index (χ3v) is 3.31. The van der Waals surface area contributed by atoms with Gasteiger partial charge in [0.25, 0.3) is 0 Å². The second-order valence-corrected chi connectivity index (χ2v) is 4.64. The molecule has 0 amide bonds. The van der Waals surface area contributed by atoms with E-state index in [1.54, 1.807) is 6.26 Å². The minimum atomic E-state index is 0.543. The summed E-state index contributed by atoms with van der Waals surface area (Å²) in [6.07, 6.45) is 1.72. The smallest absolute Gasteiger partial charge is 0.124 e. The van der Waals surface area contributed by atoms with Gasteiger partial charge in [-0.3, -0.25) is 0 Å². The monoisotopic (exact) mass is 259 g/mol. The molecule has 0 saturated carbocycles. The van der Waals surface area contributed by atoms with E-state index in [1.807, 2.05) is 18.2 Å². The van der Waals surface area contributed by atoms with Crippen molar-refractivity contribution < 1.29 is 9.15 Å². The predicted molar refractivity (Wildman–Crippen MR) is 76.3 cm³/mol. The molecule has 0 fully saturated rings. The molecular formula is C16H21NO2. The first-order valence-corrected chi connectivity index (χ1v) is 6.67. The lowest BCUT2D eigenvalue weighted by molar-refractivity contribution is 0.299. The first kappa shape index (κ1) is 13.7. The van der Waals surface area contributed by atoms with Crippen molar-refractivity contribution in [2.45, 2.75) is 33.9 Å². The fraction of sp³-hybridized carbons (Fsp3) is 0.375. The quantitative estimate of drug-likeness (QED) is 0.861. The molecule has 1 heterocycles. The molecule has 0 radical (unpaired) electrons. The van der Waals surface area contributed by atoms with Crippen molar-refractivity contribution >= 4 is 0 Å². The SMILES string of the molecule is CCNCc1occc1COc1cccc(C)c1C. The van der Waals surface area contributed by atoms with Crippen LogP contribution in [0.25, 0.3) is 0 Å². The summed E-state index contributed by atoms with van der Waals surface area (Å²) in [5.41, 5.74) is 3.54. The standard InChI is InChI=1S/C16H21NO2/c1-4-17-10-16-14(8-9-18-16)11-19-15-7-5-6-12(2)13(15)3/h5-9,17H,4,10-11H2,1-3H3. The molecule has 1 aromatic carbocycles. The average molecular weight is 259 g/mol. The van der Waals surface area contributed by atoms with Crippen molar-refractivity contribution in [1.29, 1.82) is 0 Å². The number of ether oxygens (including phenoxy) is 1. The molecule has 1 aromatic heterocycles. The number of nitrogens with one attached hydrogen (secondary N) is 1. The van der Waals surface area contributed by atoms with Gasteiger partial charge < -0.3 is 14.5 Å². The Labute approximate surface area is 114 Å². The van der Waals surface area contributed by atoms with Gasteiger partial charge in [-0.25, -0.2) is 0 Å². The molecular weight excluding hydrogens is 238 g/mol. The second kappa shape index (κ2) is 6.43. The number of benzene rings is 1. The van der Waals surface area contributed by atoms with Crippen LogP contribution >= 0.6 is 0 Å². The largest absolute Gasteiger partial charge is 0.488 e. The second-order valence-electron chi connectivity index (χ2n) is 4.64. The normalized spacial score (nSPS) is 10.7. The van der Waals surface area contributed by atoms with Crippen molar-refractivity contribution in [2.75, 3.05) is 6.54 Å². The summed E-state index contributed by atoms with van der Waals surface area (Å²) in [6, 6.07) is 8.09. The lowest BCUT2D eigenvalue weighted by Gasteiger charge is -2.11. The predicted octanol–water partition coefficient (Wildman–Crippen LogP) is 3.58. The topological polar surface area (TPSA) is 34.4 Å². The maximum absolute atomic E-state index is 5.89. The lowest BCUT2D eigenvalue weighted by Crippen LogP contribution is -2.12. The molecule has 0 spiro atoms. The van der Waals surface area contributed by atoms with Crippen molar-refractivity contribution in [2.24, 2.45) is 0 Å². The third kappa shape index (κ3) is 3.38. The van der Waals surface area contributed by atoms with E-state index in [1.165, 1.54) is 11.1 Å². The molecule has 3 heteroatoms. The van der Waals surface area contributed by atoms with Crippen LogP contribution in [-0.2, 0) is 13.2 Å². The molecule has 102 valence electrons. The summed E-state index contributed by atoms with van der Waals surface area (Å²) in [6.45, 7) is 8.47. The number of hydrogen-bond acceptors (Lipinski definition) is 3. The molecule has 0 atom stereocenters. The highest BCUT2D eigenvalue weighted by molar-refractivity contribution is 5.38. The molecule has 0 saturated heterocycles. The fourth-order valence-corrected chi connectivity index (χ4v) is 1.93. The van der Waals surface area contributed by atoms with E-state index in [0.717, 1.165) is 30.2 Å². The van der Waals surface area contributed by atoms with Crippen molar-refractivity contribution in [1.82, 2.24) is 5.32 Å². The Balaban J connectivity index is 2.02. The number of furan rings is 1. The highest BCUT2D eigenvalue weighted by atomic mass is 16.5. The van der Waals surface area contributed by atoms with Crippen LogP contribution in [0.3, 0.4) is 0 Å². The summed E-state index contributed by atoms with van der Waals surface area (Å²) in [5, 5.41) is 3.26. The zero-order chi connectivity index (χ0) is 13.7. The average Bonchev–Trinajstić information content (AvgIpc) is 2.85. The Bertz CT molecular complexity index is 531. The highest BCUT2D eigenvalue weighted by Crippen LogP contribution is 2.22. The van der Waals surface area contributed by atoms with Gasteiger partial charge in [-0.05, 0) is 43.7 Å². The van der Waals surface area contributed by atoms with Gasteiger partial charge in [0.2, 0.25) is 0 Å². The van der Waals surface area contributed by atoms with E-state index in [-0.39, 0.29) is 0 Å². The zero-order valence-corrected chi connectivity index (χ0v) is 11.8. The lowest BCUT2D eigenvalue weighted by atomic mass is 10.1.